The van der Waals surface area contributed by atoms with Crippen LogP contribution in [0.1, 0.15) is 171 Å². The number of hydrogen-bond donors (Lipinski definition) is 6. The second kappa shape index (κ2) is 44.2. The van der Waals surface area contributed by atoms with E-state index in [0.717, 1.165) is 70.6 Å². The first-order valence-corrected chi connectivity index (χ1v) is 30.0. The number of carbonyl (C=O) groups is 8. The topological polar surface area (TPSA) is 292 Å². The van der Waals surface area contributed by atoms with Crippen LogP contribution in [0.2, 0.25) is 0 Å². The van der Waals surface area contributed by atoms with Gasteiger partial charge in [-0.1, -0.05) is 100 Å². The Morgan fingerprint density at radius 2 is 0.793 bits per heavy atom. The molecule has 0 heterocycles. The zero-order chi connectivity index (χ0) is 66.0. The average molecular weight is 1260 g/mol. The molecular weight excluding hydrogens is 1150 g/mol. The van der Waals surface area contributed by atoms with Crippen molar-refractivity contribution < 1.29 is 98.5 Å². The molecule has 0 radical (unpaired) electrons. The van der Waals surface area contributed by atoms with Crippen molar-refractivity contribution in [3.8, 4) is 0 Å². The SMILES string of the molecule is C=C(C)C(=O)OCCNC(=O)OCCCCCCCOC(=O)NCC1(C)CC(NC(=O)OCC(F)(F)OCCC)CC(C)(C)C1.C=C(C)C(=O)OCCNC(=O)OCCCCCCCOC(=O)NCC1(C)CC(NC(=O)OCCF)CC(C)(C)C1.CF. The molecule has 2 saturated carbocycles. The standard InChI is InChI=1S/C31H53F2N3O9.C28H48FN3O8.CH3F/c1-7-14-45-31(32,33)22-44-28(40)36-24-18-29(4,5)20-30(6,19-24)21-35-27(39)43-16-12-10-8-9-11-15-42-26(38)34-13-17-41-25(37)23(2)3;1-21(2)23(33)37-16-12-30-24(34)38-13-9-7-6-8-10-14-39-25(35)31-20-28(5)18-22(17-27(3,4)19-28)32-26(36)40-15-11-29;1-2/h24H,2,7-22H2,1,3-6H3,(H,34,38)(H,35,39)(H,36,40);22H,1,6-20H2,2-5H3,(H,30,34)(H,31,35)(H,32,36);1H3. The lowest BCUT2D eigenvalue weighted by molar-refractivity contribution is -0.256. The van der Waals surface area contributed by atoms with Crippen LogP contribution in [-0.2, 0) is 52.2 Å². The fourth-order valence-corrected chi connectivity index (χ4v) is 10.5. The molecule has 504 valence electrons. The van der Waals surface area contributed by atoms with E-state index in [0.29, 0.717) is 77.6 Å². The number of unbranched alkanes of at least 4 members (excludes halogenated alkanes) is 8. The Hall–Kier alpha value is -6.28. The van der Waals surface area contributed by atoms with E-state index in [2.05, 4.69) is 84.4 Å². The summed E-state index contributed by atoms with van der Waals surface area (Å²) in [4.78, 5) is 94.3. The first-order chi connectivity index (χ1) is 40.9. The number of alkyl halides is 4. The third kappa shape index (κ3) is 42.3. The fourth-order valence-electron chi connectivity index (χ4n) is 10.5. The number of amides is 6. The highest BCUT2D eigenvalue weighted by molar-refractivity contribution is 5.87. The van der Waals surface area contributed by atoms with Crippen molar-refractivity contribution in [1.29, 1.82) is 0 Å². The highest BCUT2D eigenvalue weighted by Crippen LogP contribution is 2.47. The fraction of sp³-hybridized carbons (Fsp3) is 0.800. The lowest BCUT2D eigenvalue weighted by Crippen LogP contribution is -2.50. The zero-order valence-electron chi connectivity index (χ0n) is 53.4. The highest BCUT2D eigenvalue weighted by atomic mass is 19.3. The molecule has 2 rings (SSSR count). The molecule has 0 aromatic carbocycles. The van der Waals surface area contributed by atoms with Gasteiger partial charge in [0, 0.05) is 36.3 Å². The Morgan fingerprint density at radius 1 is 0.460 bits per heavy atom. The largest absolute Gasteiger partial charge is 0.460 e. The molecule has 2 aliphatic carbocycles. The van der Waals surface area contributed by atoms with Crippen LogP contribution < -0.4 is 31.9 Å². The predicted octanol–water partition coefficient (Wildman–Crippen LogP) is 11.2. The van der Waals surface area contributed by atoms with E-state index < -0.39 is 67.9 Å². The molecule has 23 nitrogen and oxygen atoms in total. The number of alkyl carbamates (subject to hydrolysis) is 6. The van der Waals surface area contributed by atoms with Crippen LogP contribution in [0.4, 0.5) is 46.3 Å². The van der Waals surface area contributed by atoms with Crippen molar-refractivity contribution in [3.63, 3.8) is 0 Å². The summed E-state index contributed by atoms with van der Waals surface area (Å²) in [6.45, 7) is 24.2. The number of rotatable bonds is 37. The minimum absolute atomic E-state index is 0.0396. The van der Waals surface area contributed by atoms with Gasteiger partial charge in [-0.15, -0.1) is 0 Å². The van der Waals surface area contributed by atoms with E-state index in [4.69, 9.17) is 37.9 Å². The van der Waals surface area contributed by atoms with Crippen LogP contribution in [0, 0.1) is 21.7 Å². The van der Waals surface area contributed by atoms with Gasteiger partial charge < -0.3 is 74.5 Å². The molecule has 0 aromatic heterocycles. The molecule has 4 atom stereocenters. The van der Waals surface area contributed by atoms with Gasteiger partial charge in [0.2, 0.25) is 0 Å². The van der Waals surface area contributed by atoms with Gasteiger partial charge in [0.05, 0.1) is 53.3 Å². The number of ether oxygens (including phenoxy) is 9. The number of halogens is 4. The van der Waals surface area contributed by atoms with Crippen molar-refractivity contribution in [3.05, 3.63) is 24.3 Å². The van der Waals surface area contributed by atoms with Gasteiger partial charge in [0.1, 0.15) is 26.5 Å². The summed E-state index contributed by atoms with van der Waals surface area (Å²) in [7, 11) is 0.500. The first-order valence-electron chi connectivity index (χ1n) is 30.0. The molecule has 27 heteroatoms. The van der Waals surface area contributed by atoms with Crippen molar-refractivity contribution in [2.45, 2.75) is 190 Å². The van der Waals surface area contributed by atoms with E-state index in [9.17, 15) is 55.9 Å². The van der Waals surface area contributed by atoms with Crippen LogP contribution in [0.5, 0.6) is 0 Å². The Bertz CT molecular complexity index is 2090. The van der Waals surface area contributed by atoms with E-state index in [1.807, 2.05) is 6.92 Å². The minimum Gasteiger partial charge on any atom is -0.460 e. The van der Waals surface area contributed by atoms with E-state index >= 15 is 0 Å². The van der Waals surface area contributed by atoms with Crippen molar-refractivity contribution >= 4 is 48.5 Å². The molecule has 2 aliphatic rings. The van der Waals surface area contributed by atoms with Crippen LogP contribution >= 0.6 is 0 Å². The molecule has 2 fully saturated rings. The smallest absolute Gasteiger partial charge is 0.407 e. The van der Waals surface area contributed by atoms with Crippen molar-refractivity contribution in [2.75, 3.05) is 99.5 Å². The van der Waals surface area contributed by atoms with Gasteiger partial charge in [0.15, 0.2) is 6.61 Å². The second-order valence-electron chi connectivity index (χ2n) is 24.2. The monoisotopic (exact) mass is 1260 g/mol. The maximum absolute atomic E-state index is 13.7. The molecule has 0 aliphatic heterocycles. The molecule has 87 heavy (non-hydrogen) atoms. The van der Waals surface area contributed by atoms with Gasteiger partial charge in [-0.25, -0.2) is 42.7 Å². The lowest BCUT2D eigenvalue weighted by Gasteiger charge is -2.46. The summed E-state index contributed by atoms with van der Waals surface area (Å²) in [5, 5.41) is 16.2. The average Bonchev–Trinajstić information content (AvgIpc) is 1.22. The zero-order valence-corrected chi connectivity index (χ0v) is 53.4. The number of nitrogens with one attached hydrogen (secondary N) is 6. The normalized spacial score (nSPS) is 19.0. The summed E-state index contributed by atoms with van der Waals surface area (Å²) >= 11 is 0. The first kappa shape index (κ1) is 80.7. The Kier molecular flexibility index (Phi) is 41.0. The second-order valence-corrected chi connectivity index (χ2v) is 24.2. The van der Waals surface area contributed by atoms with Gasteiger partial charge >= 0.3 is 54.6 Å². The lowest BCUT2D eigenvalue weighted by atomic mass is 9.62. The maximum atomic E-state index is 13.7. The van der Waals surface area contributed by atoms with Crippen molar-refractivity contribution in [1.82, 2.24) is 31.9 Å². The summed E-state index contributed by atoms with van der Waals surface area (Å²) in [6, 6.07) is -0.441. The molecule has 0 bridgehead atoms. The van der Waals surface area contributed by atoms with E-state index in [-0.39, 0.29) is 92.0 Å². The van der Waals surface area contributed by atoms with Gasteiger partial charge in [-0.3, -0.25) is 4.39 Å². The van der Waals surface area contributed by atoms with Gasteiger partial charge in [-0.2, -0.15) is 8.78 Å². The third-order valence-corrected chi connectivity index (χ3v) is 13.5. The summed E-state index contributed by atoms with van der Waals surface area (Å²) in [6.07, 6.45) is 5.56. The van der Waals surface area contributed by atoms with Crippen LogP contribution in [0.15, 0.2) is 24.3 Å². The maximum Gasteiger partial charge on any atom is 0.407 e. The molecule has 0 aromatic rings. The van der Waals surface area contributed by atoms with Crippen LogP contribution in [-0.4, -0.2) is 166 Å². The Balaban J connectivity index is 0.00000166. The molecular formula is C60H104F4N6O17. The summed E-state index contributed by atoms with van der Waals surface area (Å²) in [5.41, 5.74) is -0.224. The van der Waals surface area contributed by atoms with Gasteiger partial charge in [-0.05, 0) is 106 Å². The Morgan fingerprint density at radius 3 is 1.14 bits per heavy atom. The molecule has 6 N–H and O–H groups in total. The summed E-state index contributed by atoms with van der Waals surface area (Å²) < 4.78 is 93.5. The van der Waals surface area contributed by atoms with Crippen molar-refractivity contribution in [2.24, 2.45) is 21.7 Å². The quantitative estimate of drug-likeness (QED) is 0.0111. The number of esters is 2. The summed E-state index contributed by atoms with van der Waals surface area (Å²) in [5.74, 6) is -1.01. The van der Waals surface area contributed by atoms with Crippen LogP contribution in [0.3, 0.4) is 0 Å². The Labute approximate surface area is 512 Å². The van der Waals surface area contributed by atoms with Crippen LogP contribution in [0.25, 0.3) is 0 Å². The molecule has 4 unspecified atom stereocenters. The third-order valence-electron chi connectivity index (χ3n) is 13.5. The molecule has 6 amide bonds. The van der Waals surface area contributed by atoms with E-state index in [1.165, 1.54) is 6.92 Å². The molecule has 0 spiro atoms. The van der Waals surface area contributed by atoms with E-state index in [1.54, 1.807) is 13.8 Å². The van der Waals surface area contributed by atoms with Gasteiger partial charge in [0.25, 0.3) is 0 Å². The highest BCUT2D eigenvalue weighted by Gasteiger charge is 2.44. The predicted molar refractivity (Wildman–Crippen MR) is 317 cm³/mol. The molecule has 0 saturated heterocycles. The minimum atomic E-state index is -3.54. The number of hydrogen-bond acceptors (Lipinski definition) is 17. The number of carbonyl (C=O) groups excluding carboxylic acids is 8.